The second kappa shape index (κ2) is 11.1. The third kappa shape index (κ3) is 5.99. The summed E-state index contributed by atoms with van der Waals surface area (Å²) in [7, 11) is -1.65. The zero-order chi connectivity index (χ0) is 21.7. The van der Waals surface area contributed by atoms with Gasteiger partial charge in [-0.2, -0.15) is 4.31 Å². The second-order valence-corrected chi connectivity index (χ2v) is 9.51. The van der Waals surface area contributed by atoms with Gasteiger partial charge in [-0.15, -0.1) is 24.0 Å². The average Bonchev–Trinajstić information content (AvgIpc) is 3.29. The van der Waals surface area contributed by atoms with Crippen molar-refractivity contribution < 1.29 is 12.9 Å². The van der Waals surface area contributed by atoms with Crippen molar-refractivity contribution in [1.29, 1.82) is 0 Å². The Kier molecular flexibility index (Phi) is 8.49. The number of fused-ring (bicyclic) bond motifs is 1. The number of benzene rings is 2. The minimum absolute atomic E-state index is 0. The Bertz CT molecular complexity index is 1140. The molecule has 1 fully saturated rings. The van der Waals surface area contributed by atoms with Gasteiger partial charge in [-0.05, 0) is 22.8 Å². The zero-order valence-corrected chi connectivity index (χ0v) is 21.1. The summed E-state index contributed by atoms with van der Waals surface area (Å²) in [4.78, 5) is 6.48. The summed E-state index contributed by atoms with van der Waals surface area (Å²) in [5.74, 6) is 0.664. The molecule has 2 aromatic carbocycles. The quantitative estimate of drug-likeness (QED) is 0.279. The Labute approximate surface area is 205 Å². The predicted octanol–water partition coefficient (Wildman–Crippen LogP) is 2.71. The molecule has 4 rings (SSSR count). The van der Waals surface area contributed by atoms with Gasteiger partial charge in [0.25, 0.3) is 0 Å². The highest BCUT2D eigenvalue weighted by molar-refractivity contribution is 14.0. The minimum atomic E-state index is -3.41. The summed E-state index contributed by atoms with van der Waals surface area (Å²) in [6.45, 7) is 2.79. The van der Waals surface area contributed by atoms with Crippen LogP contribution in [0.25, 0.3) is 10.8 Å². The molecule has 3 aromatic rings. The number of hydrogen-bond acceptors (Lipinski definition) is 5. The van der Waals surface area contributed by atoms with E-state index in [0.717, 1.165) is 18.9 Å². The molecule has 10 heteroatoms. The van der Waals surface area contributed by atoms with Crippen molar-refractivity contribution >= 4 is 50.7 Å². The Hall–Kier alpha value is -2.18. The van der Waals surface area contributed by atoms with Crippen LogP contribution in [0.4, 0.5) is 0 Å². The van der Waals surface area contributed by atoms with Gasteiger partial charge in [0.15, 0.2) is 5.96 Å². The molecule has 172 valence electrons. The summed E-state index contributed by atoms with van der Waals surface area (Å²) in [5.41, 5.74) is 1.69. The maximum atomic E-state index is 12.6. The number of aliphatic imine (C=N–C) groups is 1. The van der Waals surface area contributed by atoms with Gasteiger partial charge in [-0.3, -0.25) is 4.99 Å². The number of halogens is 1. The first-order valence-electron chi connectivity index (χ1n) is 10.4. The first-order valence-corrected chi connectivity index (χ1v) is 12.0. The lowest BCUT2D eigenvalue weighted by Gasteiger charge is -2.35. The van der Waals surface area contributed by atoms with Crippen molar-refractivity contribution in [2.45, 2.75) is 12.2 Å². The van der Waals surface area contributed by atoms with E-state index >= 15 is 0 Å². The Morgan fingerprint density at radius 1 is 1.09 bits per heavy atom. The van der Waals surface area contributed by atoms with E-state index in [1.165, 1.54) is 26.9 Å². The van der Waals surface area contributed by atoms with Crippen LogP contribution >= 0.6 is 24.0 Å². The molecule has 0 radical (unpaired) electrons. The number of aromatic nitrogens is 1. The van der Waals surface area contributed by atoms with Crippen LogP contribution in [-0.2, 0) is 22.2 Å². The third-order valence-electron chi connectivity index (χ3n) is 5.48. The van der Waals surface area contributed by atoms with E-state index in [9.17, 15) is 8.42 Å². The first kappa shape index (κ1) is 24.5. The van der Waals surface area contributed by atoms with Crippen LogP contribution in [0.2, 0.25) is 0 Å². The fraction of sp³-hybridized carbons (Fsp3) is 0.364. The lowest BCUT2D eigenvalue weighted by atomic mass is 10.1. The SMILES string of the molecule is CN=C(NCCc1ccc2ccccc2c1)N1CCN(S(=O)(=O)Cc2ccon2)CC1.I. The highest BCUT2D eigenvalue weighted by Crippen LogP contribution is 2.16. The normalized spacial score (nSPS) is 15.5. The molecule has 0 unspecified atom stereocenters. The first-order chi connectivity index (χ1) is 15.0. The van der Waals surface area contributed by atoms with Crippen molar-refractivity contribution in [3.63, 3.8) is 0 Å². The molecule has 8 nitrogen and oxygen atoms in total. The Morgan fingerprint density at radius 3 is 2.53 bits per heavy atom. The molecule has 1 aliphatic heterocycles. The molecule has 0 bridgehead atoms. The fourth-order valence-corrected chi connectivity index (χ4v) is 5.24. The van der Waals surface area contributed by atoms with E-state index < -0.39 is 10.0 Å². The second-order valence-electron chi connectivity index (χ2n) is 7.54. The molecule has 0 amide bonds. The van der Waals surface area contributed by atoms with Crippen molar-refractivity contribution in [3.05, 3.63) is 66.1 Å². The molecule has 0 aliphatic carbocycles. The van der Waals surface area contributed by atoms with Crippen molar-refractivity contribution in [3.8, 4) is 0 Å². The summed E-state index contributed by atoms with van der Waals surface area (Å²) in [6.07, 6.45) is 2.27. The molecule has 0 atom stereocenters. The van der Waals surface area contributed by atoms with Gasteiger partial charge < -0.3 is 14.7 Å². The molecular weight excluding hydrogens is 541 g/mol. The van der Waals surface area contributed by atoms with E-state index in [-0.39, 0.29) is 29.7 Å². The maximum Gasteiger partial charge on any atom is 0.220 e. The van der Waals surface area contributed by atoms with Gasteiger partial charge in [-0.25, -0.2) is 8.42 Å². The fourth-order valence-electron chi connectivity index (χ4n) is 3.81. The average molecular weight is 569 g/mol. The molecule has 2 heterocycles. The van der Waals surface area contributed by atoms with Crippen molar-refractivity contribution in [2.75, 3.05) is 39.8 Å². The number of guanidine groups is 1. The molecule has 32 heavy (non-hydrogen) atoms. The van der Waals surface area contributed by atoms with Crippen LogP contribution in [0.1, 0.15) is 11.3 Å². The van der Waals surface area contributed by atoms with Crippen molar-refractivity contribution in [1.82, 2.24) is 19.7 Å². The van der Waals surface area contributed by atoms with Crippen molar-refractivity contribution in [2.24, 2.45) is 4.99 Å². The summed E-state index contributed by atoms with van der Waals surface area (Å²) in [6, 6.07) is 16.5. The molecule has 1 aromatic heterocycles. The number of hydrogen-bond donors (Lipinski definition) is 1. The molecule has 1 N–H and O–H groups in total. The van der Waals surface area contributed by atoms with Gasteiger partial charge in [-0.1, -0.05) is 47.6 Å². The number of nitrogens with one attached hydrogen (secondary N) is 1. The van der Waals surface area contributed by atoms with E-state index in [0.29, 0.717) is 31.9 Å². The number of rotatable bonds is 6. The van der Waals surface area contributed by atoms with Crippen LogP contribution in [-0.4, -0.2) is 68.5 Å². The Morgan fingerprint density at radius 2 is 1.84 bits per heavy atom. The number of sulfonamides is 1. The molecular formula is C22H28IN5O3S. The van der Waals surface area contributed by atoms with Gasteiger partial charge >= 0.3 is 0 Å². The van der Waals surface area contributed by atoms with Crippen LogP contribution in [0, 0.1) is 0 Å². The summed E-state index contributed by atoms with van der Waals surface area (Å²) < 4.78 is 31.5. The van der Waals surface area contributed by atoms with Gasteiger partial charge in [0.2, 0.25) is 10.0 Å². The lowest BCUT2D eigenvalue weighted by molar-refractivity contribution is 0.260. The maximum absolute atomic E-state index is 12.6. The van der Waals surface area contributed by atoms with Gasteiger partial charge in [0.1, 0.15) is 12.0 Å². The highest BCUT2D eigenvalue weighted by Gasteiger charge is 2.28. The van der Waals surface area contributed by atoms with E-state index in [4.69, 9.17) is 4.52 Å². The van der Waals surface area contributed by atoms with Crippen LogP contribution in [0.15, 0.2) is 64.3 Å². The topological polar surface area (TPSA) is 91.0 Å². The highest BCUT2D eigenvalue weighted by atomic mass is 127. The minimum Gasteiger partial charge on any atom is -0.364 e. The largest absolute Gasteiger partial charge is 0.364 e. The molecule has 1 aliphatic rings. The van der Waals surface area contributed by atoms with Gasteiger partial charge in [0, 0.05) is 45.8 Å². The number of nitrogens with zero attached hydrogens (tertiary/aromatic N) is 4. The van der Waals surface area contributed by atoms with Crippen LogP contribution < -0.4 is 5.32 Å². The van der Waals surface area contributed by atoms with E-state index in [1.54, 1.807) is 13.1 Å². The molecule has 0 saturated carbocycles. The van der Waals surface area contributed by atoms with E-state index in [1.807, 2.05) is 6.07 Å². The zero-order valence-electron chi connectivity index (χ0n) is 18.0. The third-order valence-corrected chi connectivity index (χ3v) is 7.29. The standard InChI is InChI=1S/C22H27N5O3S.HI/c1-23-22(24-10-8-18-6-7-19-4-2-3-5-20(19)16-18)26-11-13-27(14-12-26)31(28,29)17-21-9-15-30-25-21;/h2-7,9,15-16H,8,10-14,17H2,1H3,(H,23,24);1H. The van der Waals surface area contributed by atoms with Crippen LogP contribution in [0.5, 0.6) is 0 Å². The Balaban J connectivity index is 0.00000289. The smallest absolute Gasteiger partial charge is 0.220 e. The summed E-state index contributed by atoms with van der Waals surface area (Å²) in [5, 5.41) is 9.60. The monoisotopic (exact) mass is 569 g/mol. The molecule has 1 saturated heterocycles. The van der Waals surface area contributed by atoms with Crippen LogP contribution in [0.3, 0.4) is 0 Å². The lowest BCUT2D eigenvalue weighted by Crippen LogP contribution is -2.54. The number of piperazine rings is 1. The summed E-state index contributed by atoms with van der Waals surface area (Å²) >= 11 is 0. The molecule has 0 spiro atoms. The van der Waals surface area contributed by atoms with Gasteiger partial charge in [0.05, 0.1) is 5.69 Å². The predicted molar refractivity (Wildman–Crippen MR) is 137 cm³/mol. The van der Waals surface area contributed by atoms with E-state index in [2.05, 4.69) is 56.8 Å².